The zero-order chi connectivity index (χ0) is 15.4. The highest BCUT2D eigenvalue weighted by Gasteiger charge is 2.13. The number of hydrogen-bond donors (Lipinski definition) is 1. The molecule has 0 aliphatic heterocycles. The summed E-state index contributed by atoms with van der Waals surface area (Å²) in [4.78, 5) is 0. The standard InChI is InChI=1S/C19H24BrN/c1-13(2)16-7-5-15(6-8-16)12-19(21-4)18-10-9-17(20)11-14(18)3/h5-11,13,19,21H,12H2,1-4H3. The fourth-order valence-corrected chi connectivity index (χ4v) is 3.15. The zero-order valence-electron chi connectivity index (χ0n) is 13.3. The van der Waals surface area contributed by atoms with Gasteiger partial charge in [-0.3, -0.25) is 0 Å². The minimum atomic E-state index is 0.350. The summed E-state index contributed by atoms with van der Waals surface area (Å²) in [6.07, 6.45) is 1.01. The molecule has 0 fully saturated rings. The summed E-state index contributed by atoms with van der Waals surface area (Å²) in [5.74, 6) is 0.591. The van der Waals surface area contributed by atoms with Gasteiger partial charge in [0.2, 0.25) is 0 Å². The van der Waals surface area contributed by atoms with Gasteiger partial charge < -0.3 is 5.32 Å². The van der Waals surface area contributed by atoms with E-state index in [4.69, 9.17) is 0 Å². The van der Waals surface area contributed by atoms with Crippen molar-refractivity contribution in [3.63, 3.8) is 0 Å². The van der Waals surface area contributed by atoms with Crippen LogP contribution in [0, 0.1) is 6.92 Å². The summed E-state index contributed by atoms with van der Waals surface area (Å²) in [6, 6.07) is 15.9. The van der Waals surface area contributed by atoms with Crippen LogP contribution < -0.4 is 5.32 Å². The third-order valence-electron chi connectivity index (χ3n) is 4.04. The topological polar surface area (TPSA) is 12.0 Å². The molecule has 0 aliphatic rings. The Morgan fingerprint density at radius 2 is 1.71 bits per heavy atom. The minimum absolute atomic E-state index is 0.350. The highest BCUT2D eigenvalue weighted by atomic mass is 79.9. The van der Waals surface area contributed by atoms with Crippen molar-refractivity contribution in [1.29, 1.82) is 0 Å². The van der Waals surface area contributed by atoms with E-state index in [1.54, 1.807) is 0 Å². The van der Waals surface area contributed by atoms with Crippen LogP contribution in [0.1, 0.15) is 48.1 Å². The van der Waals surface area contributed by atoms with Gasteiger partial charge in [-0.05, 0) is 60.7 Å². The summed E-state index contributed by atoms with van der Waals surface area (Å²) >= 11 is 3.54. The molecule has 2 aromatic rings. The molecule has 112 valence electrons. The van der Waals surface area contributed by atoms with Crippen LogP contribution in [-0.2, 0) is 6.42 Å². The summed E-state index contributed by atoms with van der Waals surface area (Å²) < 4.78 is 1.14. The molecule has 0 heterocycles. The number of nitrogens with one attached hydrogen (secondary N) is 1. The van der Waals surface area contributed by atoms with E-state index in [1.807, 2.05) is 7.05 Å². The van der Waals surface area contributed by atoms with Crippen molar-refractivity contribution in [1.82, 2.24) is 5.32 Å². The van der Waals surface area contributed by atoms with Gasteiger partial charge in [0.05, 0.1) is 0 Å². The van der Waals surface area contributed by atoms with Crippen LogP contribution in [0.15, 0.2) is 46.9 Å². The van der Waals surface area contributed by atoms with Gasteiger partial charge in [0, 0.05) is 10.5 Å². The number of rotatable bonds is 5. The first-order valence-corrected chi connectivity index (χ1v) is 8.32. The molecule has 2 rings (SSSR count). The van der Waals surface area contributed by atoms with Crippen molar-refractivity contribution < 1.29 is 0 Å². The normalized spacial score (nSPS) is 12.7. The fourth-order valence-electron chi connectivity index (χ4n) is 2.67. The maximum absolute atomic E-state index is 3.54. The van der Waals surface area contributed by atoms with Crippen LogP contribution in [0.25, 0.3) is 0 Å². The number of halogens is 1. The van der Waals surface area contributed by atoms with Crippen molar-refractivity contribution in [2.24, 2.45) is 0 Å². The van der Waals surface area contributed by atoms with Crippen LogP contribution in [0.2, 0.25) is 0 Å². The van der Waals surface area contributed by atoms with E-state index in [1.165, 1.54) is 22.3 Å². The molecule has 21 heavy (non-hydrogen) atoms. The highest BCUT2D eigenvalue weighted by molar-refractivity contribution is 9.10. The Labute approximate surface area is 136 Å². The molecule has 0 aromatic heterocycles. The van der Waals surface area contributed by atoms with Crippen molar-refractivity contribution in [3.05, 3.63) is 69.2 Å². The number of benzene rings is 2. The molecule has 1 atom stereocenters. The molecule has 2 heteroatoms. The van der Waals surface area contributed by atoms with Crippen molar-refractivity contribution in [2.45, 2.75) is 39.2 Å². The third-order valence-corrected chi connectivity index (χ3v) is 4.54. The Bertz CT molecular complexity index is 587. The first kappa shape index (κ1) is 16.3. The highest BCUT2D eigenvalue weighted by Crippen LogP contribution is 2.25. The van der Waals surface area contributed by atoms with Gasteiger partial charge in [0.1, 0.15) is 0 Å². The summed E-state index contributed by atoms with van der Waals surface area (Å²) in [5, 5.41) is 3.45. The second-order valence-electron chi connectivity index (χ2n) is 5.94. The minimum Gasteiger partial charge on any atom is -0.313 e. The van der Waals surface area contributed by atoms with Gasteiger partial charge in [-0.1, -0.05) is 60.1 Å². The number of hydrogen-bond acceptors (Lipinski definition) is 1. The van der Waals surface area contributed by atoms with Crippen molar-refractivity contribution in [3.8, 4) is 0 Å². The molecular weight excluding hydrogens is 322 g/mol. The van der Waals surface area contributed by atoms with Crippen LogP contribution >= 0.6 is 15.9 Å². The molecule has 0 saturated carbocycles. The van der Waals surface area contributed by atoms with Gasteiger partial charge in [0.15, 0.2) is 0 Å². The predicted molar refractivity (Wildman–Crippen MR) is 94.9 cm³/mol. The maximum atomic E-state index is 3.54. The fraction of sp³-hybridized carbons (Fsp3) is 0.368. The lowest BCUT2D eigenvalue weighted by atomic mass is 9.94. The van der Waals surface area contributed by atoms with Crippen LogP contribution in [0.3, 0.4) is 0 Å². The van der Waals surface area contributed by atoms with Gasteiger partial charge in [-0.2, -0.15) is 0 Å². The van der Waals surface area contributed by atoms with Crippen LogP contribution in [-0.4, -0.2) is 7.05 Å². The summed E-state index contributed by atoms with van der Waals surface area (Å²) in [6.45, 7) is 6.64. The van der Waals surface area contributed by atoms with Gasteiger partial charge >= 0.3 is 0 Å². The molecular formula is C19H24BrN. The lowest BCUT2D eigenvalue weighted by Crippen LogP contribution is -2.19. The van der Waals surface area contributed by atoms with E-state index in [0.29, 0.717) is 12.0 Å². The first-order valence-electron chi connectivity index (χ1n) is 7.53. The second-order valence-corrected chi connectivity index (χ2v) is 6.86. The van der Waals surface area contributed by atoms with E-state index in [9.17, 15) is 0 Å². The molecule has 1 nitrogen and oxygen atoms in total. The quantitative estimate of drug-likeness (QED) is 0.766. The Hall–Kier alpha value is -1.12. The van der Waals surface area contributed by atoms with E-state index in [-0.39, 0.29) is 0 Å². The monoisotopic (exact) mass is 345 g/mol. The van der Waals surface area contributed by atoms with Crippen LogP contribution in [0.4, 0.5) is 0 Å². The van der Waals surface area contributed by atoms with Crippen LogP contribution in [0.5, 0.6) is 0 Å². The average Bonchev–Trinajstić information content (AvgIpc) is 2.46. The Morgan fingerprint density at radius 3 is 2.24 bits per heavy atom. The molecule has 0 bridgehead atoms. The van der Waals surface area contributed by atoms with E-state index >= 15 is 0 Å². The van der Waals surface area contributed by atoms with Crippen molar-refractivity contribution >= 4 is 15.9 Å². The number of aryl methyl sites for hydroxylation is 1. The lowest BCUT2D eigenvalue weighted by Gasteiger charge is -2.19. The molecule has 1 unspecified atom stereocenters. The largest absolute Gasteiger partial charge is 0.313 e. The summed E-state index contributed by atoms with van der Waals surface area (Å²) in [7, 11) is 2.04. The Balaban J connectivity index is 2.18. The molecule has 0 aliphatic carbocycles. The predicted octanol–water partition coefficient (Wildman–Crippen LogP) is 5.38. The molecule has 0 radical (unpaired) electrons. The summed E-state index contributed by atoms with van der Waals surface area (Å²) in [5.41, 5.74) is 5.47. The van der Waals surface area contributed by atoms with E-state index < -0.39 is 0 Å². The van der Waals surface area contributed by atoms with Crippen molar-refractivity contribution in [2.75, 3.05) is 7.05 Å². The average molecular weight is 346 g/mol. The maximum Gasteiger partial charge on any atom is 0.0361 e. The van der Waals surface area contributed by atoms with Gasteiger partial charge in [-0.15, -0.1) is 0 Å². The smallest absolute Gasteiger partial charge is 0.0361 e. The Morgan fingerprint density at radius 1 is 1.05 bits per heavy atom. The van der Waals surface area contributed by atoms with Gasteiger partial charge in [0.25, 0.3) is 0 Å². The molecule has 0 amide bonds. The molecule has 0 saturated heterocycles. The molecule has 2 aromatic carbocycles. The van der Waals surface area contributed by atoms with E-state index in [0.717, 1.165) is 10.9 Å². The number of likely N-dealkylation sites (N-methyl/N-ethyl adjacent to an activating group) is 1. The molecule has 0 spiro atoms. The van der Waals surface area contributed by atoms with E-state index in [2.05, 4.69) is 84.5 Å². The zero-order valence-corrected chi connectivity index (χ0v) is 14.9. The first-order chi connectivity index (χ1) is 10.0. The SMILES string of the molecule is CNC(Cc1ccc(C(C)C)cc1)c1ccc(Br)cc1C. The second kappa shape index (κ2) is 7.24. The third kappa shape index (κ3) is 4.18. The molecule has 1 N–H and O–H groups in total. The van der Waals surface area contributed by atoms with Gasteiger partial charge in [-0.25, -0.2) is 0 Å². The lowest BCUT2D eigenvalue weighted by molar-refractivity contribution is 0.588. The Kier molecular flexibility index (Phi) is 5.60.